The largest absolute Gasteiger partial charge is 0.483 e. The van der Waals surface area contributed by atoms with Crippen molar-refractivity contribution in [1.29, 1.82) is 0 Å². The molecule has 1 aliphatic heterocycles. The Balaban J connectivity index is 0.00000153. The van der Waals surface area contributed by atoms with Gasteiger partial charge in [0.15, 0.2) is 0 Å². The molecule has 0 aliphatic carbocycles. The lowest BCUT2D eigenvalue weighted by molar-refractivity contribution is -0.137. The highest BCUT2D eigenvalue weighted by atomic mass is 19.4. The Morgan fingerprint density at radius 1 is 1.24 bits per heavy atom. The number of halogens is 3. The first-order chi connectivity index (χ1) is 17.4. The Morgan fingerprint density at radius 2 is 1.86 bits per heavy atom. The van der Waals surface area contributed by atoms with Crippen LogP contribution in [0.5, 0.6) is 0 Å². The zero-order valence-electron chi connectivity index (χ0n) is 21.8. The van der Waals surface area contributed by atoms with Gasteiger partial charge in [0.1, 0.15) is 0 Å². The number of hydrogen-bond donors (Lipinski definition) is 3. The molecule has 1 fully saturated rings. The summed E-state index contributed by atoms with van der Waals surface area (Å²) in [5.74, 6) is -0.631. The summed E-state index contributed by atoms with van der Waals surface area (Å²) in [6, 6.07) is 4.00. The highest BCUT2D eigenvalue weighted by Gasteiger charge is 2.35. The summed E-state index contributed by atoms with van der Waals surface area (Å²) < 4.78 is 41.2. The first-order valence-corrected chi connectivity index (χ1v) is 12.1. The van der Waals surface area contributed by atoms with Crippen molar-refractivity contribution in [2.45, 2.75) is 59.3 Å². The molecule has 1 aliphatic rings. The number of pyridine rings is 1. The van der Waals surface area contributed by atoms with Gasteiger partial charge in [-0.3, -0.25) is 14.4 Å². The molecule has 3 N–H and O–H groups in total. The molecular formula is C26H35F3N4O4. The van der Waals surface area contributed by atoms with E-state index in [9.17, 15) is 22.8 Å². The van der Waals surface area contributed by atoms with Crippen LogP contribution in [0.1, 0.15) is 58.6 Å². The number of aryl methyl sites for hydroxylation is 2. The number of benzene rings is 1. The van der Waals surface area contributed by atoms with E-state index in [0.717, 1.165) is 42.9 Å². The number of hydrogen-bond acceptors (Lipinski definition) is 5. The van der Waals surface area contributed by atoms with Crippen LogP contribution < -0.4 is 15.8 Å². The second-order valence-electron chi connectivity index (χ2n) is 9.15. The third kappa shape index (κ3) is 7.34. The van der Waals surface area contributed by atoms with E-state index in [1.165, 1.54) is 0 Å². The summed E-state index contributed by atoms with van der Waals surface area (Å²) >= 11 is 0. The topological polar surface area (TPSA) is 106 Å². The molecule has 37 heavy (non-hydrogen) atoms. The number of aromatic nitrogens is 1. The van der Waals surface area contributed by atoms with Crippen molar-refractivity contribution in [1.82, 2.24) is 15.2 Å². The number of H-pyrrole nitrogens is 1. The second kappa shape index (κ2) is 12.8. The normalized spacial score (nSPS) is 13.8. The van der Waals surface area contributed by atoms with E-state index < -0.39 is 17.6 Å². The van der Waals surface area contributed by atoms with Gasteiger partial charge in [-0.15, -0.1) is 0 Å². The van der Waals surface area contributed by atoms with Gasteiger partial charge in [-0.25, -0.2) is 0 Å². The Morgan fingerprint density at radius 3 is 2.38 bits per heavy atom. The van der Waals surface area contributed by atoms with Crippen LogP contribution in [-0.4, -0.2) is 60.1 Å². The highest BCUT2D eigenvalue weighted by Crippen LogP contribution is 2.36. The predicted molar refractivity (Wildman–Crippen MR) is 136 cm³/mol. The molecule has 0 saturated carbocycles. The van der Waals surface area contributed by atoms with Gasteiger partial charge in [0, 0.05) is 48.7 Å². The lowest BCUT2D eigenvalue weighted by Gasteiger charge is -2.45. The van der Waals surface area contributed by atoms with E-state index >= 15 is 0 Å². The molecule has 0 radical (unpaired) electrons. The summed E-state index contributed by atoms with van der Waals surface area (Å²) in [4.78, 5) is 40.7. The van der Waals surface area contributed by atoms with Crippen LogP contribution in [0.15, 0.2) is 23.0 Å². The molecule has 2 heterocycles. The summed E-state index contributed by atoms with van der Waals surface area (Å²) in [6.07, 6.45) is -3.09. The van der Waals surface area contributed by atoms with Gasteiger partial charge in [-0.05, 0) is 63.6 Å². The van der Waals surface area contributed by atoms with Gasteiger partial charge >= 0.3 is 6.18 Å². The maximum absolute atomic E-state index is 13.7. The molecule has 8 nitrogen and oxygen atoms in total. The molecule has 0 spiro atoms. The van der Waals surface area contributed by atoms with Crippen molar-refractivity contribution in [3.8, 4) is 0 Å². The van der Waals surface area contributed by atoms with E-state index in [-0.39, 0.29) is 30.2 Å². The molecule has 0 atom stereocenters. The Kier molecular flexibility index (Phi) is 10.3. The van der Waals surface area contributed by atoms with Crippen LogP contribution in [-0.2, 0) is 23.9 Å². The fourth-order valence-electron chi connectivity index (χ4n) is 4.62. The number of aromatic amines is 1. The number of nitrogens with one attached hydrogen (secondary N) is 2. The molecule has 0 unspecified atom stereocenters. The number of nitrogens with zero attached hydrogens (tertiary/aromatic N) is 2. The number of carbonyl (C=O) groups is 2. The van der Waals surface area contributed by atoms with E-state index in [1.807, 2.05) is 31.9 Å². The van der Waals surface area contributed by atoms with Crippen LogP contribution in [0.3, 0.4) is 0 Å². The number of carbonyl (C=O) groups excluding carboxylic acids is 1. The van der Waals surface area contributed by atoms with Crippen LogP contribution in [0.4, 0.5) is 18.9 Å². The zero-order chi connectivity index (χ0) is 27.9. The number of rotatable bonds is 8. The number of likely N-dealkylation sites (N-methyl/N-ethyl adjacent to an activating group) is 2. The summed E-state index contributed by atoms with van der Waals surface area (Å²) in [6.45, 7) is 9.08. The van der Waals surface area contributed by atoms with Crippen molar-refractivity contribution in [3.63, 3.8) is 0 Å². The van der Waals surface area contributed by atoms with Gasteiger partial charge in [0.25, 0.3) is 17.9 Å². The zero-order valence-corrected chi connectivity index (χ0v) is 21.8. The molecular weight excluding hydrogens is 489 g/mol. The SMILES string of the molecule is CCCc1cc(C)[nH]c(=O)c1CNC(=O)c1cc(C(F)(F)F)cc(N(CC)C2CN(C)C2)c1C.O=CO. The fraction of sp³-hybridized carbons (Fsp3) is 0.500. The molecule has 3 rings (SSSR count). The lowest BCUT2D eigenvalue weighted by Crippen LogP contribution is -2.58. The smallest absolute Gasteiger partial charge is 0.416 e. The van der Waals surface area contributed by atoms with Crippen molar-refractivity contribution in [2.24, 2.45) is 0 Å². The third-order valence-corrected chi connectivity index (χ3v) is 6.40. The first kappa shape index (κ1) is 29.9. The van der Waals surface area contributed by atoms with E-state index in [0.29, 0.717) is 29.8 Å². The lowest BCUT2D eigenvalue weighted by atomic mass is 9.98. The average Bonchev–Trinajstić information content (AvgIpc) is 2.78. The van der Waals surface area contributed by atoms with Gasteiger partial charge in [0.2, 0.25) is 0 Å². The summed E-state index contributed by atoms with van der Waals surface area (Å²) in [5, 5.41) is 9.58. The quantitative estimate of drug-likeness (QED) is 0.455. The first-order valence-electron chi connectivity index (χ1n) is 12.1. The molecule has 1 saturated heterocycles. The second-order valence-corrected chi connectivity index (χ2v) is 9.15. The Hall–Kier alpha value is -3.34. The Labute approximate surface area is 214 Å². The van der Waals surface area contributed by atoms with Crippen molar-refractivity contribution < 1.29 is 27.9 Å². The number of anilines is 1. The molecule has 11 heteroatoms. The average molecular weight is 525 g/mol. The van der Waals surface area contributed by atoms with Gasteiger partial charge in [0.05, 0.1) is 11.6 Å². The highest BCUT2D eigenvalue weighted by molar-refractivity contribution is 5.97. The summed E-state index contributed by atoms with van der Waals surface area (Å²) in [5.41, 5.74) is 1.71. The molecule has 0 bridgehead atoms. The van der Waals surface area contributed by atoms with Gasteiger partial charge < -0.3 is 25.2 Å². The maximum atomic E-state index is 13.7. The minimum atomic E-state index is -4.59. The van der Waals surface area contributed by atoms with Crippen LogP contribution in [0.2, 0.25) is 0 Å². The minimum absolute atomic E-state index is 0.0310. The fourth-order valence-corrected chi connectivity index (χ4v) is 4.62. The minimum Gasteiger partial charge on any atom is -0.483 e. The van der Waals surface area contributed by atoms with Crippen molar-refractivity contribution in [2.75, 3.05) is 31.6 Å². The number of alkyl halides is 3. The van der Waals surface area contributed by atoms with E-state index in [2.05, 4.69) is 15.2 Å². The van der Waals surface area contributed by atoms with E-state index in [4.69, 9.17) is 9.90 Å². The molecule has 2 aromatic rings. The van der Waals surface area contributed by atoms with E-state index in [1.54, 1.807) is 13.8 Å². The summed E-state index contributed by atoms with van der Waals surface area (Å²) in [7, 11) is 1.96. The number of likely N-dealkylation sites (tertiary alicyclic amines) is 1. The maximum Gasteiger partial charge on any atom is 0.416 e. The molecule has 1 aromatic heterocycles. The third-order valence-electron chi connectivity index (χ3n) is 6.40. The van der Waals surface area contributed by atoms with Gasteiger partial charge in [-0.2, -0.15) is 13.2 Å². The predicted octanol–water partition coefficient (Wildman–Crippen LogP) is 3.73. The molecule has 1 aromatic carbocycles. The van der Waals surface area contributed by atoms with Gasteiger partial charge in [-0.1, -0.05) is 13.3 Å². The van der Waals surface area contributed by atoms with Crippen molar-refractivity contribution in [3.05, 3.63) is 62.1 Å². The number of amides is 1. The van der Waals surface area contributed by atoms with Crippen molar-refractivity contribution >= 4 is 18.1 Å². The van der Waals surface area contributed by atoms with Crippen LogP contribution in [0, 0.1) is 13.8 Å². The molecule has 204 valence electrons. The molecule has 1 amide bonds. The number of carboxylic acid groups (broad SMARTS) is 1. The monoisotopic (exact) mass is 524 g/mol. The Bertz CT molecular complexity index is 1160. The van der Waals surface area contributed by atoms with Crippen LogP contribution >= 0.6 is 0 Å². The van der Waals surface area contributed by atoms with Crippen LogP contribution in [0.25, 0.3) is 0 Å². The standard InChI is InChI=1S/C25H33F3N4O2.CH2O2/c1-6-8-17-9-15(3)30-24(34)21(17)12-29-23(33)20-10-18(25(26,27)28)11-22(16(20)4)32(7-2)19-13-31(5)14-19;2-1-3/h9-11,19H,6-8,12-14H2,1-5H3,(H,29,33)(H,30,34);1H,(H,2,3).